The molecule has 0 spiro atoms. The lowest BCUT2D eigenvalue weighted by atomic mass is 10.2. The summed E-state index contributed by atoms with van der Waals surface area (Å²) < 4.78 is 4.97. The number of carboxylic acid groups (broad SMARTS) is 1. The van der Waals surface area contributed by atoms with Crippen LogP contribution in [0.25, 0.3) is 0 Å². The van der Waals surface area contributed by atoms with Gasteiger partial charge in [0.15, 0.2) is 16.7 Å². The highest BCUT2D eigenvalue weighted by Crippen LogP contribution is 2.16. The molecule has 108 valence electrons. The fourth-order valence-corrected chi connectivity index (χ4v) is 1.60. The highest BCUT2D eigenvalue weighted by Gasteiger charge is 2.13. The number of halogens is 1. The number of amides is 1. The first-order valence-electron chi connectivity index (χ1n) is 5.80. The van der Waals surface area contributed by atoms with E-state index in [9.17, 15) is 9.59 Å². The molecule has 2 rings (SSSR count). The minimum absolute atomic E-state index is 0.0697. The second-order valence-corrected chi connectivity index (χ2v) is 4.24. The lowest BCUT2D eigenvalue weighted by Crippen LogP contribution is -2.16. The van der Waals surface area contributed by atoms with E-state index in [-0.39, 0.29) is 23.3 Å². The Morgan fingerprint density at radius 3 is 2.62 bits per heavy atom. The molecule has 7 nitrogen and oxygen atoms in total. The maximum atomic E-state index is 11.6. The molecule has 8 heteroatoms. The third kappa shape index (κ3) is 4.15. The number of ether oxygens (including phenoxy) is 1. The van der Waals surface area contributed by atoms with Crippen molar-refractivity contribution in [3.05, 3.63) is 52.9 Å². The number of hydrogen-bond donors (Lipinski definition) is 2. The van der Waals surface area contributed by atoms with Gasteiger partial charge in [0.2, 0.25) is 0 Å². The number of rotatable bonds is 4. The monoisotopic (exact) mass is 307 g/mol. The van der Waals surface area contributed by atoms with E-state index in [0.717, 1.165) is 11.8 Å². The molecule has 21 heavy (non-hydrogen) atoms. The summed E-state index contributed by atoms with van der Waals surface area (Å²) in [7, 11) is 0. The van der Waals surface area contributed by atoms with E-state index in [4.69, 9.17) is 21.4 Å². The fourth-order valence-electron chi connectivity index (χ4n) is 1.41. The van der Waals surface area contributed by atoms with E-state index in [1.54, 1.807) is 0 Å². The Bertz CT molecular complexity index is 664. The maximum Gasteiger partial charge on any atom is 0.413 e. The van der Waals surface area contributed by atoms with Crippen LogP contribution in [0.15, 0.2) is 36.5 Å². The number of carboxylic acids is 1. The first-order chi connectivity index (χ1) is 10.1. The zero-order valence-corrected chi connectivity index (χ0v) is 11.4. The number of nitrogens with one attached hydrogen (secondary N) is 1. The van der Waals surface area contributed by atoms with Crippen molar-refractivity contribution in [2.45, 2.75) is 6.61 Å². The van der Waals surface area contributed by atoms with Crippen molar-refractivity contribution in [3.8, 4) is 0 Å². The van der Waals surface area contributed by atoms with Gasteiger partial charge in [-0.05, 0) is 5.56 Å². The fraction of sp³-hybridized carbons (Fsp3) is 0.0769. The predicted molar refractivity (Wildman–Crippen MR) is 74.3 cm³/mol. The molecule has 0 saturated heterocycles. The SMILES string of the molecule is O=C(Nc1ncc(C(=O)O)nc1Cl)OCc1ccccc1. The summed E-state index contributed by atoms with van der Waals surface area (Å²) in [4.78, 5) is 29.5. The van der Waals surface area contributed by atoms with Crippen molar-refractivity contribution in [1.82, 2.24) is 9.97 Å². The highest BCUT2D eigenvalue weighted by molar-refractivity contribution is 6.32. The number of nitrogens with zero attached hydrogens (tertiary/aromatic N) is 2. The lowest BCUT2D eigenvalue weighted by molar-refractivity contribution is 0.0690. The summed E-state index contributed by atoms with van der Waals surface area (Å²) in [6.45, 7) is 0.0882. The molecular formula is C13H10ClN3O4. The molecule has 1 aromatic heterocycles. The van der Waals surface area contributed by atoms with Crippen LogP contribution in [0.5, 0.6) is 0 Å². The molecule has 2 N–H and O–H groups in total. The van der Waals surface area contributed by atoms with Gasteiger partial charge in [-0.2, -0.15) is 0 Å². The smallest absolute Gasteiger partial charge is 0.413 e. The van der Waals surface area contributed by atoms with Crippen molar-refractivity contribution >= 4 is 29.5 Å². The molecule has 1 amide bonds. The van der Waals surface area contributed by atoms with Gasteiger partial charge in [0.25, 0.3) is 0 Å². The number of benzene rings is 1. The zero-order chi connectivity index (χ0) is 15.2. The van der Waals surface area contributed by atoms with Gasteiger partial charge in [-0.25, -0.2) is 19.6 Å². The van der Waals surface area contributed by atoms with E-state index in [1.807, 2.05) is 30.3 Å². The number of aromatic carboxylic acids is 1. The number of aromatic nitrogens is 2. The van der Waals surface area contributed by atoms with Crippen molar-refractivity contribution < 1.29 is 19.4 Å². The van der Waals surface area contributed by atoms with Gasteiger partial charge in [-0.3, -0.25) is 5.32 Å². The van der Waals surface area contributed by atoms with Crippen molar-refractivity contribution in [3.63, 3.8) is 0 Å². The summed E-state index contributed by atoms with van der Waals surface area (Å²) in [5.41, 5.74) is 0.509. The third-order valence-corrected chi connectivity index (χ3v) is 2.65. The van der Waals surface area contributed by atoms with E-state index >= 15 is 0 Å². The van der Waals surface area contributed by atoms with Gasteiger partial charge in [0.05, 0.1) is 6.20 Å². The largest absolute Gasteiger partial charge is 0.476 e. The van der Waals surface area contributed by atoms with E-state index in [0.29, 0.717) is 0 Å². The summed E-state index contributed by atoms with van der Waals surface area (Å²) in [5.74, 6) is -1.33. The molecule has 0 aliphatic rings. The molecule has 1 aromatic carbocycles. The van der Waals surface area contributed by atoms with Crippen LogP contribution in [0.2, 0.25) is 5.15 Å². The molecular weight excluding hydrogens is 298 g/mol. The Hall–Kier alpha value is -2.67. The van der Waals surface area contributed by atoms with Gasteiger partial charge in [-0.15, -0.1) is 0 Å². The minimum Gasteiger partial charge on any atom is -0.476 e. The summed E-state index contributed by atoms with van der Waals surface area (Å²) >= 11 is 5.73. The second-order valence-electron chi connectivity index (χ2n) is 3.89. The Balaban J connectivity index is 1.95. The van der Waals surface area contributed by atoms with E-state index < -0.39 is 12.1 Å². The molecule has 0 radical (unpaired) electrons. The van der Waals surface area contributed by atoms with Crippen LogP contribution < -0.4 is 5.32 Å². The number of hydrogen-bond acceptors (Lipinski definition) is 5. The second kappa shape index (κ2) is 6.67. The summed E-state index contributed by atoms with van der Waals surface area (Å²) in [6, 6.07) is 9.11. The summed E-state index contributed by atoms with van der Waals surface area (Å²) in [6.07, 6.45) is 0.222. The molecule has 2 aromatic rings. The average Bonchev–Trinajstić information content (AvgIpc) is 2.48. The molecule has 0 aliphatic carbocycles. The minimum atomic E-state index is -1.26. The first kappa shape index (κ1) is 14.7. The number of carbonyl (C=O) groups excluding carboxylic acids is 1. The van der Waals surface area contributed by atoms with Crippen molar-refractivity contribution in [1.29, 1.82) is 0 Å². The Morgan fingerprint density at radius 2 is 2.00 bits per heavy atom. The molecule has 0 bridgehead atoms. The third-order valence-electron chi connectivity index (χ3n) is 2.38. The van der Waals surface area contributed by atoms with Crippen LogP contribution in [-0.2, 0) is 11.3 Å². The van der Waals surface area contributed by atoms with Crippen LogP contribution in [0.1, 0.15) is 16.1 Å². The maximum absolute atomic E-state index is 11.6. The van der Waals surface area contributed by atoms with Crippen LogP contribution in [-0.4, -0.2) is 27.1 Å². The van der Waals surface area contributed by atoms with Gasteiger partial charge < -0.3 is 9.84 Å². The Labute approximate surface area is 124 Å². The van der Waals surface area contributed by atoms with Crippen molar-refractivity contribution in [2.24, 2.45) is 0 Å². The topological polar surface area (TPSA) is 101 Å². The molecule has 0 atom stereocenters. The lowest BCUT2D eigenvalue weighted by Gasteiger charge is -2.07. The molecule has 0 unspecified atom stereocenters. The quantitative estimate of drug-likeness (QED) is 0.900. The average molecular weight is 308 g/mol. The zero-order valence-electron chi connectivity index (χ0n) is 10.6. The van der Waals surface area contributed by atoms with Gasteiger partial charge >= 0.3 is 12.1 Å². The van der Waals surface area contributed by atoms with Crippen molar-refractivity contribution in [2.75, 3.05) is 5.32 Å². The normalized spacial score (nSPS) is 9.95. The number of carbonyl (C=O) groups is 2. The van der Waals surface area contributed by atoms with Crippen LogP contribution in [0.4, 0.5) is 10.6 Å². The molecule has 0 fully saturated rings. The Morgan fingerprint density at radius 1 is 1.29 bits per heavy atom. The van der Waals surface area contributed by atoms with Crippen LogP contribution in [0.3, 0.4) is 0 Å². The van der Waals surface area contributed by atoms with E-state index in [2.05, 4.69) is 15.3 Å². The summed E-state index contributed by atoms with van der Waals surface area (Å²) in [5, 5.41) is 10.8. The van der Waals surface area contributed by atoms with Gasteiger partial charge in [-0.1, -0.05) is 41.9 Å². The van der Waals surface area contributed by atoms with E-state index in [1.165, 1.54) is 0 Å². The highest BCUT2D eigenvalue weighted by atomic mass is 35.5. The standard InChI is InChI=1S/C13H10ClN3O4/c14-10-11(15-6-9(16-10)12(18)19)17-13(20)21-7-8-4-2-1-3-5-8/h1-6H,7H2,(H,18,19)(H,15,17,20). The number of anilines is 1. The van der Waals surface area contributed by atoms with Gasteiger partial charge in [0, 0.05) is 0 Å². The van der Waals surface area contributed by atoms with Gasteiger partial charge in [0.1, 0.15) is 6.61 Å². The molecule has 1 heterocycles. The molecule has 0 saturated carbocycles. The first-order valence-corrected chi connectivity index (χ1v) is 6.17. The molecule has 0 aliphatic heterocycles. The van der Waals surface area contributed by atoms with Crippen LogP contribution in [0, 0.1) is 0 Å². The predicted octanol–water partition coefficient (Wildman–Crippen LogP) is 2.58. The van der Waals surface area contributed by atoms with Crippen LogP contribution >= 0.6 is 11.6 Å². The Kier molecular flexibility index (Phi) is 4.68.